The minimum absolute atomic E-state index is 0.122. The van der Waals surface area contributed by atoms with Gasteiger partial charge in [-0.05, 0) is 30.5 Å². The highest BCUT2D eigenvalue weighted by Crippen LogP contribution is 2.31. The molecule has 1 saturated carbocycles. The Bertz CT molecular complexity index is 496. The third-order valence-corrected chi connectivity index (χ3v) is 4.32. The van der Waals surface area contributed by atoms with E-state index in [4.69, 9.17) is 11.6 Å². The Morgan fingerprint density at radius 1 is 1.24 bits per heavy atom. The number of nitrogens with one attached hydrogen (secondary N) is 2. The summed E-state index contributed by atoms with van der Waals surface area (Å²) in [5, 5.41) is 5.90. The van der Waals surface area contributed by atoms with Gasteiger partial charge in [-0.2, -0.15) is 0 Å². The number of Topliss-reactive ketones (excluding diaryl/α,β-unsaturated/α-hetero) is 1. The second kappa shape index (κ2) is 7.46. The third-order valence-electron chi connectivity index (χ3n) is 4.07. The van der Waals surface area contributed by atoms with Crippen LogP contribution in [0.15, 0.2) is 24.3 Å². The number of carbonyl (C=O) groups excluding carboxylic acids is 2. The standard InChI is InChI=1S/C16H21ClN2O2/c1-18-16(21)19-10-14(11-6-8-13(17)9-7-11)15(20)12-4-2-3-5-12/h6-9,12,14H,2-5,10H2,1H3,(H2,18,19,21). The Kier molecular flexibility index (Phi) is 5.62. The highest BCUT2D eigenvalue weighted by atomic mass is 35.5. The summed E-state index contributed by atoms with van der Waals surface area (Å²) in [5.74, 6) is 0.0473. The molecule has 1 aromatic carbocycles. The lowest BCUT2D eigenvalue weighted by Crippen LogP contribution is -2.38. The normalized spacial score (nSPS) is 16.5. The number of halogens is 1. The smallest absolute Gasteiger partial charge is 0.314 e. The van der Waals surface area contributed by atoms with Gasteiger partial charge in [0.15, 0.2) is 0 Å². The van der Waals surface area contributed by atoms with E-state index in [1.165, 1.54) is 0 Å². The maximum Gasteiger partial charge on any atom is 0.314 e. The Morgan fingerprint density at radius 3 is 2.43 bits per heavy atom. The lowest BCUT2D eigenvalue weighted by molar-refractivity contribution is -0.124. The van der Waals surface area contributed by atoms with Crippen LogP contribution in [0, 0.1) is 5.92 Å². The van der Waals surface area contributed by atoms with Gasteiger partial charge in [0.25, 0.3) is 0 Å². The molecule has 1 aliphatic rings. The van der Waals surface area contributed by atoms with Gasteiger partial charge in [-0.1, -0.05) is 36.6 Å². The van der Waals surface area contributed by atoms with Crippen LogP contribution in [0.2, 0.25) is 5.02 Å². The molecule has 1 aromatic rings. The minimum Gasteiger partial charge on any atom is -0.341 e. The molecule has 114 valence electrons. The fourth-order valence-electron chi connectivity index (χ4n) is 2.86. The quantitative estimate of drug-likeness (QED) is 0.878. The largest absolute Gasteiger partial charge is 0.341 e. The Labute approximate surface area is 130 Å². The maximum absolute atomic E-state index is 12.7. The number of hydrogen-bond acceptors (Lipinski definition) is 2. The van der Waals surface area contributed by atoms with Crippen molar-refractivity contribution >= 4 is 23.4 Å². The van der Waals surface area contributed by atoms with E-state index in [1.54, 1.807) is 19.2 Å². The number of hydrogen-bond donors (Lipinski definition) is 2. The van der Waals surface area contributed by atoms with Crippen molar-refractivity contribution in [1.29, 1.82) is 0 Å². The number of rotatable bonds is 5. The van der Waals surface area contributed by atoms with E-state index in [0.717, 1.165) is 31.2 Å². The molecule has 0 radical (unpaired) electrons. The first kappa shape index (κ1) is 15.8. The first-order valence-corrected chi connectivity index (χ1v) is 7.74. The van der Waals surface area contributed by atoms with Gasteiger partial charge in [0.05, 0.1) is 5.92 Å². The number of urea groups is 1. The van der Waals surface area contributed by atoms with Crippen LogP contribution in [0.5, 0.6) is 0 Å². The Balaban J connectivity index is 2.14. The fourth-order valence-corrected chi connectivity index (χ4v) is 2.98. The van der Waals surface area contributed by atoms with Crippen molar-refractivity contribution in [3.05, 3.63) is 34.9 Å². The third kappa shape index (κ3) is 4.21. The monoisotopic (exact) mass is 308 g/mol. The molecule has 5 heteroatoms. The van der Waals surface area contributed by atoms with Crippen molar-refractivity contribution in [2.75, 3.05) is 13.6 Å². The van der Waals surface area contributed by atoms with E-state index in [1.807, 2.05) is 12.1 Å². The SMILES string of the molecule is CNC(=O)NCC(C(=O)C1CCCC1)c1ccc(Cl)cc1. The maximum atomic E-state index is 12.7. The van der Waals surface area contributed by atoms with Gasteiger partial charge < -0.3 is 10.6 Å². The van der Waals surface area contributed by atoms with Crippen molar-refractivity contribution in [2.24, 2.45) is 5.92 Å². The van der Waals surface area contributed by atoms with Crippen LogP contribution in [-0.4, -0.2) is 25.4 Å². The van der Waals surface area contributed by atoms with Crippen LogP contribution in [0.4, 0.5) is 4.79 Å². The number of ketones is 1. The zero-order valence-electron chi connectivity index (χ0n) is 12.2. The van der Waals surface area contributed by atoms with Gasteiger partial charge in [0.2, 0.25) is 0 Å². The lowest BCUT2D eigenvalue weighted by atomic mass is 9.86. The van der Waals surface area contributed by atoms with Gasteiger partial charge >= 0.3 is 6.03 Å². The fraction of sp³-hybridized carbons (Fsp3) is 0.500. The van der Waals surface area contributed by atoms with E-state index in [2.05, 4.69) is 10.6 Å². The molecule has 2 N–H and O–H groups in total. The lowest BCUT2D eigenvalue weighted by Gasteiger charge is -2.20. The van der Waals surface area contributed by atoms with Gasteiger partial charge in [-0.3, -0.25) is 4.79 Å². The highest BCUT2D eigenvalue weighted by Gasteiger charge is 2.30. The van der Waals surface area contributed by atoms with Crippen molar-refractivity contribution in [3.8, 4) is 0 Å². The van der Waals surface area contributed by atoms with Crippen molar-refractivity contribution < 1.29 is 9.59 Å². The predicted octanol–water partition coefficient (Wildman–Crippen LogP) is 3.11. The molecule has 1 atom stereocenters. The van der Waals surface area contributed by atoms with Crippen LogP contribution in [0.3, 0.4) is 0 Å². The molecule has 4 nitrogen and oxygen atoms in total. The van der Waals surface area contributed by atoms with Gasteiger partial charge in [0.1, 0.15) is 5.78 Å². The van der Waals surface area contributed by atoms with Crippen LogP contribution in [0.25, 0.3) is 0 Å². The Morgan fingerprint density at radius 2 is 1.86 bits per heavy atom. The van der Waals surface area contributed by atoms with Gasteiger partial charge in [0, 0.05) is 24.5 Å². The molecule has 0 spiro atoms. The Hall–Kier alpha value is -1.55. The summed E-state index contributed by atoms with van der Waals surface area (Å²) < 4.78 is 0. The summed E-state index contributed by atoms with van der Waals surface area (Å²) in [6, 6.07) is 7.03. The molecule has 21 heavy (non-hydrogen) atoms. The zero-order chi connectivity index (χ0) is 15.2. The van der Waals surface area contributed by atoms with Crippen LogP contribution >= 0.6 is 11.6 Å². The van der Waals surface area contributed by atoms with Crippen molar-refractivity contribution in [3.63, 3.8) is 0 Å². The molecule has 0 bridgehead atoms. The number of carbonyl (C=O) groups is 2. The molecule has 2 amide bonds. The number of amides is 2. The van der Waals surface area contributed by atoms with Crippen molar-refractivity contribution in [2.45, 2.75) is 31.6 Å². The molecule has 1 unspecified atom stereocenters. The summed E-state index contributed by atoms with van der Waals surface area (Å²) >= 11 is 5.91. The summed E-state index contributed by atoms with van der Waals surface area (Å²) in [5.41, 5.74) is 0.910. The predicted molar refractivity (Wildman–Crippen MR) is 83.6 cm³/mol. The second-order valence-electron chi connectivity index (χ2n) is 5.45. The van der Waals surface area contributed by atoms with E-state index < -0.39 is 0 Å². The molecule has 0 aromatic heterocycles. The molecule has 1 fully saturated rings. The van der Waals surface area contributed by atoms with E-state index in [0.29, 0.717) is 11.6 Å². The second-order valence-corrected chi connectivity index (χ2v) is 5.88. The minimum atomic E-state index is -0.303. The average Bonchev–Trinajstić information content (AvgIpc) is 3.03. The summed E-state index contributed by atoms with van der Waals surface area (Å²) in [4.78, 5) is 24.1. The van der Waals surface area contributed by atoms with Crippen LogP contribution in [0.1, 0.15) is 37.2 Å². The van der Waals surface area contributed by atoms with Crippen LogP contribution < -0.4 is 10.6 Å². The topological polar surface area (TPSA) is 58.2 Å². The first-order chi connectivity index (χ1) is 10.1. The highest BCUT2D eigenvalue weighted by molar-refractivity contribution is 6.30. The molecule has 1 aliphatic carbocycles. The van der Waals surface area contributed by atoms with Gasteiger partial charge in [-0.25, -0.2) is 4.79 Å². The number of benzene rings is 1. The van der Waals surface area contributed by atoms with E-state index in [9.17, 15) is 9.59 Å². The first-order valence-electron chi connectivity index (χ1n) is 7.36. The zero-order valence-corrected chi connectivity index (χ0v) is 13.0. The molecular weight excluding hydrogens is 288 g/mol. The summed E-state index contributed by atoms with van der Waals surface area (Å²) in [6.07, 6.45) is 4.16. The molecule has 0 aliphatic heterocycles. The summed E-state index contributed by atoms with van der Waals surface area (Å²) in [6.45, 7) is 0.316. The average molecular weight is 309 g/mol. The van der Waals surface area contributed by atoms with Crippen molar-refractivity contribution in [1.82, 2.24) is 10.6 Å². The van der Waals surface area contributed by atoms with E-state index >= 15 is 0 Å². The molecule has 0 saturated heterocycles. The summed E-state index contributed by atoms with van der Waals surface area (Å²) in [7, 11) is 1.56. The molecule has 0 heterocycles. The van der Waals surface area contributed by atoms with Gasteiger partial charge in [-0.15, -0.1) is 0 Å². The molecule has 2 rings (SSSR count). The van der Waals surface area contributed by atoms with E-state index in [-0.39, 0.29) is 23.7 Å². The molecular formula is C16H21ClN2O2. The van der Waals surface area contributed by atoms with Crippen LogP contribution in [-0.2, 0) is 4.79 Å².